The largest absolute Gasteiger partial charge is 0.386 e. The van der Waals surface area contributed by atoms with Gasteiger partial charge in [0, 0.05) is 13.0 Å². The third-order valence-corrected chi connectivity index (χ3v) is 4.68. The molecule has 0 unspecified atom stereocenters. The molecule has 0 bridgehead atoms. The van der Waals surface area contributed by atoms with E-state index in [1.165, 1.54) is 0 Å². The van der Waals surface area contributed by atoms with Crippen molar-refractivity contribution in [3.63, 3.8) is 0 Å². The molecule has 0 radical (unpaired) electrons. The van der Waals surface area contributed by atoms with Crippen LogP contribution in [0.15, 0.2) is 0 Å². The summed E-state index contributed by atoms with van der Waals surface area (Å²) in [6.07, 6.45) is 5.35. The van der Waals surface area contributed by atoms with Crippen LogP contribution in [0.2, 0.25) is 0 Å². The molecule has 0 atom stereocenters. The highest BCUT2D eigenvalue weighted by atomic mass is 16.5. The minimum atomic E-state index is -0.539. The van der Waals surface area contributed by atoms with Crippen LogP contribution >= 0.6 is 0 Å². The van der Waals surface area contributed by atoms with E-state index < -0.39 is 5.60 Å². The Morgan fingerprint density at radius 3 is 2.61 bits per heavy atom. The Bertz CT molecular complexity index is 328. The van der Waals surface area contributed by atoms with Gasteiger partial charge in [0.1, 0.15) is 5.60 Å². The van der Waals surface area contributed by atoms with Crippen molar-refractivity contribution in [1.82, 2.24) is 4.90 Å². The van der Waals surface area contributed by atoms with Crippen molar-refractivity contribution in [3.8, 4) is 0 Å². The highest BCUT2D eigenvalue weighted by Crippen LogP contribution is 2.45. The number of aliphatic hydroxyl groups is 1. The first-order valence-corrected chi connectivity index (χ1v) is 7.22. The van der Waals surface area contributed by atoms with Gasteiger partial charge < -0.3 is 14.7 Å². The molecule has 1 heterocycles. The number of ether oxygens (including phenoxy) is 1. The van der Waals surface area contributed by atoms with Crippen molar-refractivity contribution in [2.75, 3.05) is 19.7 Å². The van der Waals surface area contributed by atoms with Crippen molar-refractivity contribution in [1.29, 1.82) is 0 Å². The maximum atomic E-state index is 12.0. The van der Waals surface area contributed by atoms with Crippen LogP contribution in [0.3, 0.4) is 0 Å². The third kappa shape index (κ3) is 2.28. The van der Waals surface area contributed by atoms with E-state index in [1.807, 2.05) is 11.8 Å². The predicted octanol–water partition coefficient (Wildman–Crippen LogP) is 1.17. The molecule has 0 aromatic rings. The van der Waals surface area contributed by atoms with Crippen molar-refractivity contribution in [3.05, 3.63) is 0 Å². The number of β-amino-alcohol motifs (C(OH)–C–C–N with tert-alkyl or cyclic N) is 1. The van der Waals surface area contributed by atoms with Gasteiger partial charge >= 0.3 is 0 Å². The average molecular weight is 253 g/mol. The van der Waals surface area contributed by atoms with Gasteiger partial charge in [-0.2, -0.15) is 0 Å². The first-order chi connectivity index (χ1) is 8.60. The molecular formula is C14H23NO3. The second-order valence-corrected chi connectivity index (χ2v) is 6.25. The molecular weight excluding hydrogens is 230 g/mol. The minimum absolute atomic E-state index is 0.222. The Hall–Kier alpha value is -0.610. The molecule has 0 aromatic carbocycles. The quantitative estimate of drug-likeness (QED) is 0.800. The van der Waals surface area contributed by atoms with Gasteiger partial charge in [-0.25, -0.2) is 0 Å². The normalized spacial score (nSPS) is 33.8. The molecule has 4 nitrogen and oxygen atoms in total. The lowest BCUT2D eigenvalue weighted by molar-refractivity contribution is -0.161. The van der Waals surface area contributed by atoms with Crippen LogP contribution in [0.1, 0.15) is 39.0 Å². The summed E-state index contributed by atoms with van der Waals surface area (Å²) in [5.41, 5.74) is -0.539. The van der Waals surface area contributed by atoms with Crippen molar-refractivity contribution in [2.24, 2.45) is 11.8 Å². The zero-order valence-corrected chi connectivity index (χ0v) is 11.1. The number of rotatable bonds is 5. The molecule has 4 heteroatoms. The summed E-state index contributed by atoms with van der Waals surface area (Å²) in [4.78, 5) is 13.8. The highest BCUT2D eigenvalue weighted by molar-refractivity contribution is 5.77. The Morgan fingerprint density at radius 2 is 2.06 bits per heavy atom. The fourth-order valence-electron chi connectivity index (χ4n) is 3.26. The summed E-state index contributed by atoms with van der Waals surface area (Å²) in [5.74, 6) is 1.19. The maximum Gasteiger partial charge on any atom is 0.223 e. The maximum absolute atomic E-state index is 12.0. The van der Waals surface area contributed by atoms with Gasteiger partial charge in [-0.15, -0.1) is 0 Å². The molecule has 1 saturated heterocycles. The molecule has 18 heavy (non-hydrogen) atoms. The second-order valence-electron chi connectivity index (χ2n) is 6.25. The number of hydrogen-bond donors (Lipinski definition) is 1. The average Bonchev–Trinajstić information content (AvgIpc) is 3.05. The molecule has 1 amide bonds. The molecule has 0 aromatic heterocycles. The van der Waals surface area contributed by atoms with Crippen LogP contribution < -0.4 is 0 Å². The summed E-state index contributed by atoms with van der Waals surface area (Å²) in [6, 6.07) is 0. The van der Waals surface area contributed by atoms with Crippen LogP contribution in [-0.2, 0) is 9.53 Å². The lowest BCUT2D eigenvalue weighted by Gasteiger charge is -2.48. The summed E-state index contributed by atoms with van der Waals surface area (Å²) in [5, 5.41) is 10.2. The molecule has 3 fully saturated rings. The van der Waals surface area contributed by atoms with Gasteiger partial charge in [0.05, 0.1) is 19.2 Å². The van der Waals surface area contributed by atoms with Crippen LogP contribution in [-0.4, -0.2) is 47.3 Å². The summed E-state index contributed by atoms with van der Waals surface area (Å²) < 4.78 is 5.50. The standard InChI is InChI=1S/C14H23NO3/c1-2-18-12-5-10(6-12)7-13(16)15-8-14(17,9-15)11-3-4-11/h10-12,17H,2-9H2,1H3. The van der Waals surface area contributed by atoms with Gasteiger partial charge in [0.25, 0.3) is 0 Å². The Kier molecular flexibility index (Phi) is 3.10. The molecule has 2 aliphatic carbocycles. The van der Waals surface area contributed by atoms with E-state index in [4.69, 9.17) is 4.74 Å². The number of likely N-dealkylation sites (tertiary alicyclic amines) is 1. The number of carbonyl (C=O) groups is 1. The Balaban J connectivity index is 1.36. The van der Waals surface area contributed by atoms with E-state index in [9.17, 15) is 9.90 Å². The first-order valence-electron chi connectivity index (χ1n) is 7.22. The number of hydrogen-bond acceptors (Lipinski definition) is 3. The fourth-order valence-corrected chi connectivity index (χ4v) is 3.26. The van der Waals surface area contributed by atoms with E-state index in [0.717, 1.165) is 32.3 Å². The third-order valence-electron chi connectivity index (χ3n) is 4.68. The van der Waals surface area contributed by atoms with E-state index in [0.29, 0.717) is 37.5 Å². The topological polar surface area (TPSA) is 49.8 Å². The summed E-state index contributed by atoms with van der Waals surface area (Å²) >= 11 is 0. The van der Waals surface area contributed by atoms with Crippen molar-refractivity contribution < 1.29 is 14.6 Å². The SMILES string of the molecule is CCOC1CC(CC(=O)N2CC(O)(C3CC3)C2)C1. The zero-order valence-electron chi connectivity index (χ0n) is 11.1. The minimum Gasteiger partial charge on any atom is -0.386 e. The number of carbonyl (C=O) groups excluding carboxylic acids is 1. The van der Waals surface area contributed by atoms with Crippen LogP contribution in [0.5, 0.6) is 0 Å². The van der Waals surface area contributed by atoms with Gasteiger partial charge in [0.15, 0.2) is 0 Å². The predicted molar refractivity (Wildman–Crippen MR) is 67.0 cm³/mol. The molecule has 3 aliphatic rings. The Labute approximate surface area is 108 Å². The number of amides is 1. The van der Waals surface area contributed by atoms with E-state index in [1.54, 1.807) is 0 Å². The molecule has 102 valence electrons. The second kappa shape index (κ2) is 4.49. The molecule has 2 saturated carbocycles. The first kappa shape index (κ1) is 12.4. The van der Waals surface area contributed by atoms with E-state index in [2.05, 4.69) is 0 Å². The highest BCUT2D eigenvalue weighted by Gasteiger charge is 2.53. The van der Waals surface area contributed by atoms with Crippen molar-refractivity contribution >= 4 is 5.91 Å². The molecule has 1 aliphatic heterocycles. The van der Waals surface area contributed by atoms with Crippen molar-refractivity contribution in [2.45, 2.75) is 50.7 Å². The monoisotopic (exact) mass is 253 g/mol. The summed E-state index contributed by atoms with van der Waals surface area (Å²) in [7, 11) is 0. The molecule has 3 rings (SSSR count). The smallest absolute Gasteiger partial charge is 0.223 e. The van der Waals surface area contributed by atoms with Gasteiger partial charge in [-0.3, -0.25) is 4.79 Å². The van der Waals surface area contributed by atoms with E-state index in [-0.39, 0.29) is 5.91 Å². The Morgan fingerprint density at radius 1 is 1.39 bits per heavy atom. The lowest BCUT2D eigenvalue weighted by atomic mass is 9.79. The number of nitrogens with zero attached hydrogens (tertiary/aromatic N) is 1. The fraction of sp³-hybridized carbons (Fsp3) is 0.929. The molecule has 1 N–H and O–H groups in total. The lowest BCUT2D eigenvalue weighted by Crippen LogP contribution is -2.65. The van der Waals surface area contributed by atoms with Gasteiger partial charge in [0.2, 0.25) is 5.91 Å². The zero-order chi connectivity index (χ0) is 12.8. The van der Waals surface area contributed by atoms with Gasteiger partial charge in [-0.1, -0.05) is 0 Å². The van der Waals surface area contributed by atoms with Crippen LogP contribution in [0.4, 0.5) is 0 Å². The molecule has 0 spiro atoms. The van der Waals surface area contributed by atoms with Gasteiger partial charge in [-0.05, 0) is 44.4 Å². The summed E-state index contributed by atoms with van der Waals surface area (Å²) in [6.45, 7) is 3.92. The van der Waals surface area contributed by atoms with E-state index >= 15 is 0 Å². The van der Waals surface area contributed by atoms with Crippen LogP contribution in [0, 0.1) is 11.8 Å². The van der Waals surface area contributed by atoms with Crippen LogP contribution in [0.25, 0.3) is 0 Å².